The number of esters is 1. The van der Waals surface area contributed by atoms with Gasteiger partial charge >= 0.3 is 5.97 Å². The summed E-state index contributed by atoms with van der Waals surface area (Å²) in [6.07, 6.45) is 5.34. The highest BCUT2D eigenvalue weighted by molar-refractivity contribution is 14.0. The Morgan fingerprint density at radius 3 is 2.74 bits per heavy atom. The average molecular weight is 435 g/mol. The van der Waals surface area contributed by atoms with E-state index >= 15 is 0 Å². The number of nitrogens with one attached hydrogen (secondary N) is 1. The molecule has 8 heteroatoms. The summed E-state index contributed by atoms with van der Waals surface area (Å²) in [5, 5.41) is 7.49. The number of likely N-dealkylation sites (tertiary alicyclic amines) is 1. The third kappa shape index (κ3) is 6.00. The van der Waals surface area contributed by atoms with Crippen molar-refractivity contribution in [1.29, 1.82) is 0 Å². The third-order valence-corrected chi connectivity index (χ3v) is 3.81. The molecule has 2 rings (SSSR count). The first-order chi connectivity index (χ1) is 10.7. The van der Waals surface area contributed by atoms with Gasteiger partial charge in [-0.25, -0.2) is 0 Å². The Balaban J connectivity index is 0.00000264. The number of halogens is 1. The molecule has 130 valence electrons. The number of aliphatic imine (C=N–C) groups is 1. The molecule has 1 aromatic heterocycles. The van der Waals surface area contributed by atoms with Crippen LogP contribution in [-0.2, 0) is 16.1 Å². The van der Waals surface area contributed by atoms with Crippen molar-refractivity contribution in [2.45, 2.75) is 26.3 Å². The second-order valence-corrected chi connectivity index (χ2v) is 5.29. The normalized spacial score (nSPS) is 15.9. The van der Waals surface area contributed by atoms with Gasteiger partial charge in [0.25, 0.3) is 0 Å². The van der Waals surface area contributed by atoms with Gasteiger partial charge < -0.3 is 15.0 Å². The molecule has 0 spiro atoms. The largest absolute Gasteiger partial charge is 0.469 e. The number of aromatic nitrogens is 2. The molecule has 1 aliphatic rings. The zero-order valence-corrected chi connectivity index (χ0v) is 16.1. The van der Waals surface area contributed by atoms with Gasteiger partial charge in [-0.1, -0.05) is 0 Å². The van der Waals surface area contributed by atoms with Gasteiger partial charge in [-0.3, -0.25) is 14.5 Å². The summed E-state index contributed by atoms with van der Waals surface area (Å²) in [5.74, 6) is 0.839. The SMILES string of the molecule is CCNC(=NCCn1cccn1)N1CCC(C(=O)OC)CC1.I. The number of hydrogen-bond acceptors (Lipinski definition) is 4. The van der Waals surface area contributed by atoms with E-state index in [4.69, 9.17) is 4.74 Å². The summed E-state index contributed by atoms with van der Waals surface area (Å²) in [6.45, 7) is 5.99. The lowest BCUT2D eigenvalue weighted by molar-refractivity contribution is -0.146. The van der Waals surface area contributed by atoms with Crippen molar-refractivity contribution in [1.82, 2.24) is 20.0 Å². The van der Waals surface area contributed by atoms with Crippen LogP contribution in [-0.4, -0.2) is 59.9 Å². The number of rotatable bonds is 5. The fourth-order valence-electron chi connectivity index (χ4n) is 2.61. The maximum absolute atomic E-state index is 11.6. The minimum Gasteiger partial charge on any atom is -0.469 e. The zero-order chi connectivity index (χ0) is 15.8. The lowest BCUT2D eigenvalue weighted by atomic mass is 9.97. The molecule has 1 aliphatic heterocycles. The van der Waals surface area contributed by atoms with Gasteiger partial charge in [0.2, 0.25) is 0 Å². The molecule has 0 unspecified atom stereocenters. The number of piperidine rings is 1. The molecule has 1 saturated heterocycles. The lowest BCUT2D eigenvalue weighted by Crippen LogP contribution is -2.46. The first kappa shape index (κ1) is 19.7. The number of methoxy groups -OCH3 is 1. The predicted octanol–water partition coefficient (Wildman–Crippen LogP) is 1.35. The van der Waals surface area contributed by atoms with E-state index < -0.39 is 0 Å². The van der Waals surface area contributed by atoms with Crippen molar-refractivity contribution in [2.75, 3.05) is 33.3 Å². The molecule has 0 atom stereocenters. The van der Waals surface area contributed by atoms with Gasteiger partial charge in [0.1, 0.15) is 0 Å². The van der Waals surface area contributed by atoms with E-state index in [1.54, 1.807) is 6.20 Å². The number of nitrogens with zero attached hydrogens (tertiary/aromatic N) is 4. The van der Waals surface area contributed by atoms with Gasteiger partial charge in [-0.15, -0.1) is 24.0 Å². The topological polar surface area (TPSA) is 71.8 Å². The van der Waals surface area contributed by atoms with Crippen LogP contribution in [0.25, 0.3) is 0 Å². The van der Waals surface area contributed by atoms with Crippen LogP contribution in [0.5, 0.6) is 0 Å². The standard InChI is InChI=1S/C15H25N5O2.HI/c1-3-16-15(17-8-12-20-9-4-7-18-20)19-10-5-13(6-11-19)14(21)22-2;/h4,7,9,13H,3,5-6,8,10-12H2,1-2H3,(H,16,17);1H. The van der Waals surface area contributed by atoms with E-state index in [2.05, 4.69) is 27.2 Å². The second-order valence-electron chi connectivity index (χ2n) is 5.29. The van der Waals surface area contributed by atoms with E-state index in [-0.39, 0.29) is 35.9 Å². The smallest absolute Gasteiger partial charge is 0.308 e. The van der Waals surface area contributed by atoms with Gasteiger partial charge in [-0.05, 0) is 25.8 Å². The summed E-state index contributed by atoms with van der Waals surface area (Å²) in [5.41, 5.74) is 0. The van der Waals surface area contributed by atoms with Gasteiger partial charge in [-0.2, -0.15) is 5.10 Å². The third-order valence-electron chi connectivity index (χ3n) is 3.81. The highest BCUT2D eigenvalue weighted by Crippen LogP contribution is 2.18. The van der Waals surface area contributed by atoms with E-state index in [1.165, 1.54) is 7.11 Å². The molecule has 0 aliphatic carbocycles. The molecule has 2 heterocycles. The second kappa shape index (κ2) is 10.5. The quantitative estimate of drug-likeness (QED) is 0.327. The Morgan fingerprint density at radius 1 is 1.43 bits per heavy atom. The molecule has 1 fully saturated rings. The highest BCUT2D eigenvalue weighted by atomic mass is 127. The Hall–Kier alpha value is -1.32. The fraction of sp³-hybridized carbons (Fsp3) is 0.667. The zero-order valence-electron chi connectivity index (χ0n) is 13.8. The van der Waals surface area contributed by atoms with Crippen LogP contribution in [0.15, 0.2) is 23.5 Å². The Morgan fingerprint density at radius 2 is 2.17 bits per heavy atom. The van der Waals surface area contributed by atoms with E-state index in [9.17, 15) is 4.79 Å². The molecular weight excluding hydrogens is 409 g/mol. The van der Waals surface area contributed by atoms with E-state index in [1.807, 2.05) is 16.9 Å². The highest BCUT2D eigenvalue weighted by Gasteiger charge is 2.26. The molecule has 0 aromatic carbocycles. The molecule has 0 saturated carbocycles. The number of hydrogen-bond donors (Lipinski definition) is 1. The van der Waals surface area contributed by atoms with Crippen LogP contribution in [0.1, 0.15) is 19.8 Å². The van der Waals surface area contributed by atoms with E-state index in [0.29, 0.717) is 6.54 Å². The molecule has 0 amide bonds. The number of carbonyl (C=O) groups excluding carboxylic acids is 1. The summed E-state index contributed by atoms with van der Waals surface area (Å²) in [6, 6.07) is 1.91. The molecule has 1 N–H and O–H groups in total. The molecule has 23 heavy (non-hydrogen) atoms. The monoisotopic (exact) mass is 435 g/mol. The molecule has 0 radical (unpaired) electrons. The first-order valence-corrected chi connectivity index (χ1v) is 7.83. The van der Waals surface area contributed by atoms with Gasteiger partial charge in [0.15, 0.2) is 5.96 Å². The minimum atomic E-state index is -0.0970. The van der Waals surface area contributed by atoms with Crippen molar-refractivity contribution in [3.63, 3.8) is 0 Å². The predicted molar refractivity (Wildman–Crippen MR) is 99.9 cm³/mol. The minimum absolute atomic E-state index is 0. The summed E-state index contributed by atoms with van der Waals surface area (Å²) in [4.78, 5) is 18.4. The van der Waals surface area contributed by atoms with Crippen LogP contribution >= 0.6 is 24.0 Å². The number of ether oxygens (including phenoxy) is 1. The van der Waals surface area contributed by atoms with Crippen LogP contribution < -0.4 is 5.32 Å². The van der Waals surface area contributed by atoms with E-state index in [0.717, 1.165) is 45.0 Å². The lowest BCUT2D eigenvalue weighted by Gasteiger charge is -2.33. The maximum atomic E-state index is 11.6. The Labute approximate surface area is 154 Å². The Bertz CT molecular complexity index is 484. The maximum Gasteiger partial charge on any atom is 0.308 e. The van der Waals surface area contributed by atoms with Crippen molar-refractivity contribution in [3.05, 3.63) is 18.5 Å². The summed E-state index contributed by atoms with van der Waals surface area (Å²) < 4.78 is 6.70. The average Bonchev–Trinajstić information content (AvgIpc) is 3.07. The van der Waals surface area contributed by atoms with Crippen LogP contribution in [0.2, 0.25) is 0 Å². The fourth-order valence-corrected chi connectivity index (χ4v) is 2.61. The summed E-state index contributed by atoms with van der Waals surface area (Å²) in [7, 11) is 1.45. The van der Waals surface area contributed by atoms with Crippen molar-refractivity contribution < 1.29 is 9.53 Å². The molecule has 1 aromatic rings. The Kier molecular flexibility index (Phi) is 8.97. The van der Waals surface area contributed by atoms with Gasteiger partial charge in [0.05, 0.1) is 26.1 Å². The van der Waals surface area contributed by atoms with Crippen LogP contribution in [0.4, 0.5) is 0 Å². The molecule has 0 bridgehead atoms. The van der Waals surface area contributed by atoms with Crippen molar-refractivity contribution in [2.24, 2.45) is 10.9 Å². The van der Waals surface area contributed by atoms with Gasteiger partial charge in [0, 0.05) is 32.0 Å². The first-order valence-electron chi connectivity index (χ1n) is 7.83. The molecular formula is C15H26IN5O2. The van der Waals surface area contributed by atoms with Crippen LogP contribution in [0.3, 0.4) is 0 Å². The van der Waals surface area contributed by atoms with Crippen molar-refractivity contribution >= 4 is 35.9 Å². The van der Waals surface area contributed by atoms with Crippen molar-refractivity contribution in [3.8, 4) is 0 Å². The number of guanidine groups is 1. The summed E-state index contributed by atoms with van der Waals surface area (Å²) >= 11 is 0. The molecule has 7 nitrogen and oxygen atoms in total. The van der Waals surface area contributed by atoms with Crippen LogP contribution in [0, 0.1) is 5.92 Å². The number of carbonyl (C=O) groups is 1.